The summed E-state index contributed by atoms with van der Waals surface area (Å²) in [6.45, 7) is 10.3. The minimum atomic E-state index is -0.251. The van der Waals surface area contributed by atoms with Crippen molar-refractivity contribution >= 4 is 29.9 Å². The highest BCUT2D eigenvalue weighted by Crippen LogP contribution is 2.17. The molecule has 2 rings (SSSR count). The van der Waals surface area contributed by atoms with Gasteiger partial charge in [0.1, 0.15) is 18.2 Å². The van der Waals surface area contributed by atoms with Gasteiger partial charge >= 0.3 is 0 Å². The third-order valence-electron chi connectivity index (χ3n) is 4.86. The molecule has 0 amide bonds. The predicted molar refractivity (Wildman–Crippen MR) is 125 cm³/mol. The first-order valence-electron chi connectivity index (χ1n) is 10.0. The predicted octanol–water partition coefficient (Wildman–Crippen LogP) is 3.70. The van der Waals surface area contributed by atoms with Gasteiger partial charge in [-0.25, -0.2) is 4.39 Å². The van der Waals surface area contributed by atoms with Crippen LogP contribution in [-0.2, 0) is 0 Å². The number of piperidine rings is 1. The zero-order valence-electron chi connectivity index (χ0n) is 17.7. The third kappa shape index (κ3) is 8.94. The Morgan fingerprint density at radius 2 is 2.07 bits per heavy atom. The molecule has 1 fully saturated rings. The first-order valence-corrected chi connectivity index (χ1v) is 10.0. The summed E-state index contributed by atoms with van der Waals surface area (Å²) in [4.78, 5) is 9.04. The Hall–Kier alpha value is -1.09. The van der Waals surface area contributed by atoms with Gasteiger partial charge in [-0.15, -0.1) is 24.0 Å². The summed E-state index contributed by atoms with van der Waals surface area (Å²) in [7, 11) is 3.82. The number of halogens is 2. The number of hydrogen-bond donors (Lipinski definition) is 1. The van der Waals surface area contributed by atoms with E-state index in [1.807, 2.05) is 14.1 Å². The Morgan fingerprint density at radius 3 is 2.71 bits per heavy atom. The van der Waals surface area contributed by atoms with Crippen LogP contribution < -0.4 is 10.1 Å². The highest BCUT2D eigenvalue weighted by Gasteiger charge is 2.20. The summed E-state index contributed by atoms with van der Waals surface area (Å²) in [5, 5.41) is 3.51. The fraction of sp³-hybridized carbons (Fsp3) is 0.667. The van der Waals surface area contributed by atoms with Crippen LogP contribution in [0.25, 0.3) is 0 Å². The van der Waals surface area contributed by atoms with E-state index in [-0.39, 0.29) is 29.8 Å². The second kappa shape index (κ2) is 13.2. The molecular weight excluding hydrogens is 470 g/mol. The molecule has 1 aromatic rings. The van der Waals surface area contributed by atoms with Gasteiger partial charge < -0.3 is 19.9 Å². The first-order chi connectivity index (χ1) is 13.0. The summed E-state index contributed by atoms with van der Waals surface area (Å²) in [5.74, 6) is 2.70. The van der Waals surface area contributed by atoms with Crippen LogP contribution in [0.1, 0.15) is 26.7 Å². The van der Waals surface area contributed by atoms with Crippen molar-refractivity contribution < 1.29 is 9.13 Å². The van der Waals surface area contributed by atoms with Gasteiger partial charge in [-0.1, -0.05) is 13.8 Å². The molecule has 5 nitrogen and oxygen atoms in total. The minimum Gasteiger partial charge on any atom is -0.492 e. The fourth-order valence-electron chi connectivity index (χ4n) is 3.56. The maximum atomic E-state index is 12.9. The standard InChI is InChI=1S/C21H35FN4O.HI/c1-17(2)15-26-11-5-6-18(16-26)14-24-21(23-3)25(4)12-13-27-20-9-7-19(22)8-10-20;/h7-10,17-18H,5-6,11-16H2,1-4H3,(H,23,24);1H. The van der Waals surface area contributed by atoms with Gasteiger partial charge in [0.15, 0.2) is 5.96 Å². The Labute approximate surface area is 186 Å². The number of likely N-dealkylation sites (N-methyl/N-ethyl adjacent to an activating group) is 1. The largest absolute Gasteiger partial charge is 0.492 e. The minimum absolute atomic E-state index is 0. The van der Waals surface area contributed by atoms with Crippen LogP contribution >= 0.6 is 24.0 Å². The van der Waals surface area contributed by atoms with E-state index in [1.54, 1.807) is 12.1 Å². The molecule has 7 heteroatoms. The highest BCUT2D eigenvalue weighted by molar-refractivity contribution is 14.0. The number of hydrogen-bond acceptors (Lipinski definition) is 3. The van der Waals surface area contributed by atoms with Crippen LogP contribution in [0, 0.1) is 17.7 Å². The first kappa shape index (κ1) is 24.9. The highest BCUT2D eigenvalue weighted by atomic mass is 127. The lowest BCUT2D eigenvalue weighted by Gasteiger charge is -2.34. The van der Waals surface area contributed by atoms with E-state index in [9.17, 15) is 4.39 Å². The van der Waals surface area contributed by atoms with Crippen LogP contribution in [-0.4, -0.2) is 69.2 Å². The number of likely N-dealkylation sites (tertiary alicyclic amines) is 1. The average Bonchev–Trinajstić information content (AvgIpc) is 2.63. The maximum Gasteiger partial charge on any atom is 0.193 e. The van der Waals surface area contributed by atoms with Gasteiger partial charge in [-0.2, -0.15) is 0 Å². The van der Waals surface area contributed by atoms with E-state index >= 15 is 0 Å². The maximum absolute atomic E-state index is 12.9. The molecule has 0 aliphatic carbocycles. The molecule has 0 radical (unpaired) electrons. The number of nitrogens with zero attached hydrogens (tertiary/aromatic N) is 3. The summed E-state index contributed by atoms with van der Waals surface area (Å²) < 4.78 is 18.6. The van der Waals surface area contributed by atoms with Crippen molar-refractivity contribution in [2.75, 3.05) is 53.4 Å². The van der Waals surface area contributed by atoms with Gasteiger partial charge in [-0.05, 0) is 55.5 Å². The second-order valence-electron chi connectivity index (χ2n) is 7.81. The zero-order chi connectivity index (χ0) is 19.6. The SMILES string of the molecule is CN=C(NCC1CCCN(CC(C)C)C1)N(C)CCOc1ccc(F)cc1.I. The number of nitrogens with one attached hydrogen (secondary N) is 1. The molecule has 1 unspecified atom stereocenters. The molecule has 1 atom stereocenters. The number of ether oxygens (including phenoxy) is 1. The summed E-state index contributed by atoms with van der Waals surface area (Å²) >= 11 is 0. The Kier molecular flexibility index (Phi) is 11.8. The Balaban J connectivity index is 0.00000392. The molecule has 1 aromatic carbocycles. The molecule has 1 saturated heterocycles. The van der Waals surface area contributed by atoms with Crippen molar-refractivity contribution in [3.8, 4) is 5.75 Å². The van der Waals surface area contributed by atoms with Gasteiger partial charge in [0.05, 0.1) is 6.54 Å². The summed E-state index contributed by atoms with van der Waals surface area (Å²) in [6, 6.07) is 6.11. The van der Waals surface area contributed by atoms with Gasteiger partial charge in [0.25, 0.3) is 0 Å². The van der Waals surface area contributed by atoms with Crippen LogP contribution in [0.4, 0.5) is 4.39 Å². The van der Waals surface area contributed by atoms with Gasteiger partial charge in [0.2, 0.25) is 0 Å². The monoisotopic (exact) mass is 506 g/mol. The van der Waals surface area contributed by atoms with E-state index in [2.05, 4.69) is 34.0 Å². The van der Waals surface area contributed by atoms with Crippen LogP contribution in [0.3, 0.4) is 0 Å². The van der Waals surface area contributed by atoms with Gasteiger partial charge in [-0.3, -0.25) is 4.99 Å². The fourth-order valence-corrected chi connectivity index (χ4v) is 3.56. The molecule has 1 aliphatic heterocycles. The van der Waals surface area contributed by atoms with Crippen molar-refractivity contribution in [2.24, 2.45) is 16.8 Å². The van der Waals surface area contributed by atoms with Crippen molar-refractivity contribution in [3.05, 3.63) is 30.1 Å². The average molecular weight is 506 g/mol. The smallest absolute Gasteiger partial charge is 0.193 e. The lowest BCUT2D eigenvalue weighted by Crippen LogP contribution is -2.46. The molecule has 1 heterocycles. The van der Waals surface area contributed by atoms with Crippen molar-refractivity contribution in [3.63, 3.8) is 0 Å². The van der Waals surface area contributed by atoms with Crippen LogP contribution in [0.5, 0.6) is 5.75 Å². The normalized spacial score (nSPS) is 17.9. The number of benzene rings is 1. The van der Waals surface area contributed by atoms with Crippen LogP contribution in [0.15, 0.2) is 29.3 Å². The molecule has 28 heavy (non-hydrogen) atoms. The number of guanidine groups is 1. The van der Waals surface area contributed by atoms with E-state index < -0.39 is 0 Å². The molecule has 0 aromatic heterocycles. The topological polar surface area (TPSA) is 40.1 Å². The summed E-state index contributed by atoms with van der Waals surface area (Å²) in [5.41, 5.74) is 0. The third-order valence-corrected chi connectivity index (χ3v) is 4.86. The van der Waals surface area contributed by atoms with E-state index in [4.69, 9.17) is 4.74 Å². The lowest BCUT2D eigenvalue weighted by atomic mass is 9.97. The van der Waals surface area contributed by atoms with Crippen molar-refractivity contribution in [1.29, 1.82) is 0 Å². The van der Waals surface area contributed by atoms with E-state index in [0.717, 1.165) is 18.4 Å². The Morgan fingerprint density at radius 1 is 1.36 bits per heavy atom. The molecule has 160 valence electrons. The summed E-state index contributed by atoms with van der Waals surface area (Å²) in [6.07, 6.45) is 2.55. The van der Waals surface area contributed by atoms with E-state index in [1.165, 1.54) is 44.6 Å². The van der Waals surface area contributed by atoms with Crippen molar-refractivity contribution in [2.45, 2.75) is 26.7 Å². The molecule has 0 saturated carbocycles. The number of rotatable bonds is 8. The number of aliphatic imine (C=N–C) groups is 1. The van der Waals surface area contributed by atoms with Gasteiger partial charge in [0, 0.05) is 33.7 Å². The molecular formula is C21H36FIN4O. The van der Waals surface area contributed by atoms with E-state index in [0.29, 0.717) is 24.8 Å². The Bertz CT molecular complexity index is 582. The lowest BCUT2D eigenvalue weighted by molar-refractivity contribution is 0.159. The molecule has 1 aliphatic rings. The quantitative estimate of drug-likeness (QED) is 0.332. The van der Waals surface area contributed by atoms with Crippen LogP contribution in [0.2, 0.25) is 0 Å². The molecule has 0 bridgehead atoms. The zero-order valence-corrected chi connectivity index (χ0v) is 20.0. The second-order valence-corrected chi connectivity index (χ2v) is 7.81. The molecule has 0 spiro atoms. The van der Waals surface area contributed by atoms with Crippen molar-refractivity contribution in [1.82, 2.24) is 15.1 Å². The molecule has 1 N–H and O–H groups in total.